The standard InChI is InChI=1S/C19H25N3O3S/c1-4-19(24)7-5-6-12-8-22(9-13(12)19)16-14-11(2)15(18(23)25-3)26-17(14)21-10-20-16/h10,12-13,24H,4-9H2,1-3H3/t12-,13+,19-/m0/s1. The number of aliphatic hydroxyl groups is 1. The number of carbonyl (C=O) groups excluding carboxylic acids is 1. The first-order chi connectivity index (χ1) is 12.5. The van der Waals surface area contributed by atoms with Crippen molar-refractivity contribution < 1.29 is 14.6 Å². The average molecular weight is 375 g/mol. The summed E-state index contributed by atoms with van der Waals surface area (Å²) in [4.78, 5) is 24.7. The molecule has 1 aliphatic heterocycles. The number of rotatable bonds is 3. The van der Waals surface area contributed by atoms with Crippen LogP contribution < -0.4 is 4.90 Å². The Morgan fingerprint density at radius 1 is 1.46 bits per heavy atom. The maximum atomic E-state index is 12.1. The number of anilines is 1. The van der Waals surface area contributed by atoms with Crippen molar-refractivity contribution in [3.63, 3.8) is 0 Å². The van der Waals surface area contributed by atoms with Gasteiger partial charge in [-0.05, 0) is 37.7 Å². The lowest BCUT2D eigenvalue weighted by molar-refractivity contribution is -0.0597. The van der Waals surface area contributed by atoms with Crippen LogP contribution in [0.1, 0.15) is 47.8 Å². The molecule has 2 aromatic heterocycles. The molecule has 4 rings (SSSR count). The number of methoxy groups -OCH3 is 1. The van der Waals surface area contributed by atoms with Gasteiger partial charge in [-0.15, -0.1) is 11.3 Å². The van der Waals surface area contributed by atoms with E-state index in [-0.39, 0.29) is 11.9 Å². The SMILES string of the molecule is CC[C@]1(O)CCC[C@H]2CN(c3ncnc4sc(C(=O)OC)c(C)c34)C[C@H]21. The van der Waals surface area contributed by atoms with E-state index < -0.39 is 5.60 Å². The van der Waals surface area contributed by atoms with Crippen LogP contribution >= 0.6 is 11.3 Å². The van der Waals surface area contributed by atoms with Gasteiger partial charge in [0, 0.05) is 19.0 Å². The second-order valence-corrected chi connectivity index (χ2v) is 8.55. The molecule has 0 radical (unpaired) electrons. The molecule has 2 fully saturated rings. The minimum atomic E-state index is -0.565. The molecule has 0 spiro atoms. The molecule has 1 aliphatic carbocycles. The van der Waals surface area contributed by atoms with Gasteiger partial charge >= 0.3 is 5.97 Å². The lowest BCUT2D eigenvalue weighted by Crippen LogP contribution is -2.44. The lowest BCUT2D eigenvalue weighted by atomic mass is 9.69. The van der Waals surface area contributed by atoms with Crippen molar-refractivity contribution in [2.24, 2.45) is 11.8 Å². The van der Waals surface area contributed by atoms with E-state index in [0.717, 1.165) is 60.4 Å². The van der Waals surface area contributed by atoms with Gasteiger partial charge in [0.25, 0.3) is 0 Å². The summed E-state index contributed by atoms with van der Waals surface area (Å²) >= 11 is 1.36. The maximum absolute atomic E-state index is 12.1. The largest absolute Gasteiger partial charge is 0.465 e. The number of nitrogens with zero attached hydrogens (tertiary/aromatic N) is 3. The van der Waals surface area contributed by atoms with Crippen molar-refractivity contribution in [3.8, 4) is 0 Å². The van der Waals surface area contributed by atoms with Crippen LogP contribution in [0.25, 0.3) is 10.2 Å². The van der Waals surface area contributed by atoms with Crippen LogP contribution in [-0.4, -0.2) is 46.8 Å². The highest BCUT2D eigenvalue weighted by atomic mass is 32.1. The van der Waals surface area contributed by atoms with Crippen LogP contribution in [0.15, 0.2) is 6.33 Å². The molecule has 1 saturated heterocycles. The summed E-state index contributed by atoms with van der Waals surface area (Å²) in [5.41, 5.74) is 0.318. The quantitative estimate of drug-likeness (QED) is 0.831. The number of hydrogen-bond acceptors (Lipinski definition) is 7. The van der Waals surface area contributed by atoms with Crippen LogP contribution in [0.4, 0.5) is 5.82 Å². The number of carbonyl (C=O) groups is 1. The summed E-state index contributed by atoms with van der Waals surface area (Å²) in [5, 5.41) is 12.0. The van der Waals surface area contributed by atoms with E-state index in [9.17, 15) is 9.90 Å². The summed E-state index contributed by atoms with van der Waals surface area (Å²) in [7, 11) is 1.40. The molecule has 0 aromatic carbocycles. The third-order valence-corrected chi connectivity index (χ3v) is 7.49. The summed E-state index contributed by atoms with van der Waals surface area (Å²) < 4.78 is 4.91. The molecule has 6 nitrogen and oxygen atoms in total. The molecule has 7 heteroatoms. The summed E-state index contributed by atoms with van der Waals surface area (Å²) in [6.45, 7) is 5.73. The van der Waals surface area contributed by atoms with Crippen LogP contribution in [0.2, 0.25) is 0 Å². The van der Waals surface area contributed by atoms with Gasteiger partial charge in [0.15, 0.2) is 0 Å². The number of fused-ring (bicyclic) bond motifs is 2. The molecule has 1 saturated carbocycles. The van der Waals surface area contributed by atoms with E-state index in [2.05, 4.69) is 21.8 Å². The third kappa shape index (κ3) is 2.60. The maximum Gasteiger partial charge on any atom is 0.348 e. The molecule has 0 unspecified atom stereocenters. The van der Waals surface area contributed by atoms with Crippen molar-refractivity contribution >= 4 is 33.3 Å². The normalized spacial score (nSPS) is 28.4. The van der Waals surface area contributed by atoms with Gasteiger partial charge in [-0.3, -0.25) is 0 Å². The zero-order valence-corrected chi connectivity index (χ0v) is 16.3. The topological polar surface area (TPSA) is 75.5 Å². The van der Waals surface area contributed by atoms with Crippen molar-refractivity contribution in [2.45, 2.75) is 45.1 Å². The van der Waals surface area contributed by atoms with E-state index in [1.807, 2.05) is 6.92 Å². The predicted octanol–water partition coefficient (Wildman–Crippen LogP) is 3.16. The predicted molar refractivity (Wildman–Crippen MR) is 102 cm³/mol. The van der Waals surface area contributed by atoms with Gasteiger partial charge in [-0.2, -0.15) is 0 Å². The number of esters is 1. The Morgan fingerprint density at radius 2 is 2.27 bits per heavy atom. The minimum absolute atomic E-state index is 0.283. The van der Waals surface area contributed by atoms with Crippen LogP contribution in [0.5, 0.6) is 0 Å². The van der Waals surface area contributed by atoms with Crippen LogP contribution in [-0.2, 0) is 4.74 Å². The van der Waals surface area contributed by atoms with E-state index in [0.29, 0.717) is 10.8 Å². The summed E-state index contributed by atoms with van der Waals surface area (Å²) in [6, 6.07) is 0. The highest BCUT2D eigenvalue weighted by molar-refractivity contribution is 7.20. The van der Waals surface area contributed by atoms with Crippen molar-refractivity contribution in [1.29, 1.82) is 0 Å². The highest BCUT2D eigenvalue weighted by Crippen LogP contribution is 2.46. The fourth-order valence-electron chi connectivity index (χ4n) is 4.82. The van der Waals surface area contributed by atoms with E-state index in [1.54, 1.807) is 6.33 Å². The Labute approximate surface area is 157 Å². The van der Waals surface area contributed by atoms with Crippen LogP contribution in [0.3, 0.4) is 0 Å². The molecular weight excluding hydrogens is 350 g/mol. The highest BCUT2D eigenvalue weighted by Gasteiger charge is 2.48. The smallest absolute Gasteiger partial charge is 0.348 e. The second-order valence-electron chi connectivity index (χ2n) is 7.55. The average Bonchev–Trinajstić information content (AvgIpc) is 3.24. The lowest BCUT2D eigenvalue weighted by Gasteiger charge is -2.40. The minimum Gasteiger partial charge on any atom is -0.465 e. The summed E-state index contributed by atoms with van der Waals surface area (Å²) in [6.07, 6.45) is 5.51. The first-order valence-corrected chi connectivity index (χ1v) is 10.1. The number of aromatic nitrogens is 2. The molecule has 3 atom stereocenters. The van der Waals surface area contributed by atoms with Gasteiger partial charge < -0.3 is 14.7 Å². The van der Waals surface area contributed by atoms with Gasteiger partial charge in [-0.25, -0.2) is 14.8 Å². The molecule has 26 heavy (non-hydrogen) atoms. The van der Waals surface area contributed by atoms with Crippen molar-refractivity contribution in [2.75, 3.05) is 25.1 Å². The summed E-state index contributed by atoms with van der Waals surface area (Å²) in [5.74, 6) is 1.33. The van der Waals surface area contributed by atoms with Gasteiger partial charge in [0.1, 0.15) is 21.9 Å². The van der Waals surface area contributed by atoms with Crippen molar-refractivity contribution in [1.82, 2.24) is 9.97 Å². The van der Waals surface area contributed by atoms with E-state index >= 15 is 0 Å². The molecule has 1 N–H and O–H groups in total. The molecule has 2 aliphatic rings. The number of hydrogen-bond donors (Lipinski definition) is 1. The number of ether oxygens (including phenoxy) is 1. The Kier molecular flexibility index (Phi) is 4.39. The van der Waals surface area contributed by atoms with E-state index in [1.165, 1.54) is 18.4 Å². The number of aryl methyl sites for hydroxylation is 1. The van der Waals surface area contributed by atoms with Gasteiger partial charge in [-0.1, -0.05) is 13.3 Å². The van der Waals surface area contributed by atoms with Gasteiger partial charge in [0.2, 0.25) is 0 Å². The molecule has 0 amide bonds. The molecule has 2 aromatic rings. The molecule has 3 heterocycles. The Bertz CT molecular complexity index is 852. The monoisotopic (exact) mass is 375 g/mol. The Balaban J connectivity index is 1.74. The zero-order valence-electron chi connectivity index (χ0n) is 15.5. The van der Waals surface area contributed by atoms with Crippen LogP contribution in [0, 0.1) is 18.8 Å². The van der Waals surface area contributed by atoms with Crippen molar-refractivity contribution in [3.05, 3.63) is 16.8 Å². The fraction of sp³-hybridized carbons (Fsp3) is 0.632. The molecule has 0 bridgehead atoms. The zero-order chi connectivity index (χ0) is 18.5. The fourth-order valence-corrected chi connectivity index (χ4v) is 5.88. The molecule has 140 valence electrons. The Hall–Kier alpha value is -1.73. The third-order valence-electron chi connectivity index (χ3n) is 6.31. The second kappa shape index (κ2) is 6.46. The number of thiophene rings is 1. The Morgan fingerprint density at radius 3 is 3.00 bits per heavy atom. The first-order valence-electron chi connectivity index (χ1n) is 9.28. The van der Waals surface area contributed by atoms with E-state index in [4.69, 9.17) is 4.74 Å². The molecular formula is C19H25N3O3S. The first kappa shape index (κ1) is 17.7. The van der Waals surface area contributed by atoms with Gasteiger partial charge in [0.05, 0.1) is 18.1 Å².